The smallest absolute Gasteiger partial charge is 0.217 e. The lowest BCUT2D eigenvalue weighted by Crippen LogP contribution is -1.99. The molecule has 0 saturated heterocycles. The highest BCUT2D eigenvalue weighted by Gasteiger charge is 2.28. The van der Waals surface area contributed by atoms with Crippen molar-refractivity contribution in [2.24, 2.45) is 0 Å². The number of aromatic nitrogens is 6. The van der Waals surface area contributed by atoms with Gasteiger partial charge in [-0.05, 0) is 58.1 Å². The van der Waals surface area contributed by atoms with Crippen molar-refractivity contribution in [1.82, 2.24) is 30.2 Å². The Balaban J connectivity index is 1.78. The van der Waals surface area contributed by atoms with Gasteiger partial charge < -0.3 is 0 Å². The minimum absolute atomic E-state index is 0.253. The molecular weight excluding hydrogens is 304 g/mol. The van der Waals surface area contributed by atoms with Crippen molar-refractivity contribution in [3.8, 4) is 0 Å². The number of hydrogen-bond donors (Lipinski definition) is 0. The van der Waals surface area contributed by atoms with Crippen LogP contribution in [-0.4, -0.2) is 30.2 Å². The molecule has 3 aromatic rings. The SMILES string of the molecule is Clc1nc(Sc2nnnn2C2CC2)c2ccsc2n1. The third kappa shape index (κ3) is 2.09. The van der Waals surface area contributed by atoms with Gasteiger partial charge in [0.1, 0.15) is 9.86 Å². The number of halogens is 1. The highest BCUT2D eigenvalue weighted by atomic mass is 35.5. The molecule has 0 bridgehead atoms. The van der Waals surface area contributed by atoms with Gasteiger partial charge in [-0.2, -0.15) is 0 Å². The van der Waals surface area contributed by atoms with Crippen LogP contribution in [0.4, 0.5) is 0 Å². The Morgan fingerprint density at radius 1 is 1.37 bits per heavy atom. The zero-order valence-corrected chi connectivity index (χ0v) is 11.9. The molecule has 0 aliphatic heterocycles. The van der Waals surface area contributed by atoms with Gasteiger partial charge in [-0.25, -0.2) is 14.6 Å². The fourth-order valence-electron chi connectivity index (χ4n) is 1.77. The van der Waals surface area contributed by atoms with Crippen molar-refractivity contribution >= 4 is 44.9 Å². The summed E-state index contributed by atoms with van der Waals surface area (Å²) in [6.45, 7) is 0. The molecule has 0 N–H and O–H groups in total. The van der Waals surface area contributed by atoms with Crippen LogP contribution in [0.1, 0.15) is 18.9 Å². The lowest BCUT2D eigenvalue weighted by atomic mass is 10.4. The summed E-state index contributed by atoms with van der Waals surface area (Å²) in [7, 11) is 0. The molecule has 19 heavy (non-hydrogen) atoms. The molecule has 0 radical (unpaired) electrons. The van der Waals surface area contributed by atoms with Gasteiger partial charge in [0.2, 0.25) is 10.4 Å². The molecule has 6 nitrogen and oxygen atoms in total. The second kappa shape index (κ2) is 4.39. The Hall–Kier alpha value is -1.25. The first kappa shape index (κ1) is 11.6. The first-order chi connectivity index (χ1) is 9.31. The Bertz CT molecular complexity index is 749. The fraction of sp³-hybridized carbons (Fsp3) is 0.300. The van der Waals surface area contributed by atoms with Crippen LogP contribution < -0.4 is 0 Å². The summed E-state index contributed by atoms with van der Waals surface area (Å²) in [6, 6.07) is 2.43. The molecule has 0 atom stereocenters. The number of hydrogen-bond acceptors (Lipinski definition) is 7. The molecule has 1 aliphatic rings. The van der Waals surface area contributed by atoms with Gasteiger partial charge in [-0.15, -0.1) is 16.4 Å². The summed E-state index contributed by atoms with van der Waals surface area (Å²) >= 11 is 8.93. The quantitative estimate of drug-likeness (QED) is 0.547. The summed E-state index contributed by atoms with van der Waals surface area (Å²) in [4.78, 5) is 9.36. The number of nitrogens with zero attached hydrogens (tertiary/aromatic N) is 6. The summed E-state index contributed by atoms with van der Waals surface area (Å²) in [5, 5.41) is 16.6. The van der Waals surface area contributed by atoms with Crippen LogP contribution in [0, 0.1) is 0 Å². The van der Waals surface area contributed by atoms with E-state index in [1.807, 2.05) is 16.1 Å². The Morgan fingerprint density at radius 3 is 3.11 bits per heavy atom. The molecule has 4 rings (SSSR count). The third-order valence-electron chi connectivity index (χ3n) is 2.81. The molecule has 3 aromatic heterocycles. The van der Waals surface area contributed by atoms with Crippen LogP contribution >= 0.6 is 34.7 Å². The second-order valence-electron chi connectivity index (χ2n) is 4.18. The van der Waals surface area contributed by atoms with E-state index in [1.54, 1.807) is 11.3 Å². The van der Waals surface area contributed by atoms with Gasteiger partial charge >= 0.3 is 0 Å². The van der Waals surface area contributed by atoms with E-state index < -0.39 is 0 Å². The van der Waals surface area contributed by atoms with E-state index in [-0.39, 0.29) is 5.28 Å². The number of tetrazole rings is 1. The van der Waals surface area contributed by atoms with Crippen molar-refractivity contribution < 1.29 is 0 Å². The fourth-order valence-corrected chi connectivity index (χ4v) is 3.80. The maximum Gasteiger partial charge on any atom is 0.224 e. The molecule has 0 unspecified atom stereocenters. The molecular formula is C10H7ClN6S2. The topological polar surface area (TPSA) is 69.4 Å². The van der Waals surface area contributed by atoms with E-state index in [2.05, 4.69) is 25.5 Å². The standard InChI is InChI=1S/C10H7ClN6S2/c11-9-12-7-6(3-4-18-7)8(13-9)19-10-14-15-16-17(10)5-1-2-5/h3-5H,1-2H2. The van der Waals surface area contributed by atoms with Crippen LogP contribution in [0.15, 0.2) is 21.6 Å². The number of rotatable bonds is 3. The lowest BCUT2D eigenvalue weighted by Gasteiger charge is -2.03. The molecule has 0 amide bonds. The van der Waals surface area contributed by atoms with Gasteiger partial charge in [0.05, 0.1) is 6.04 Å². The summed E-state index contributed by atoms with van der Waals surface area (Å²) in [6.07, 6.45) is 2.27. The second-order valence-corrected chi connectivity index (χ2v) is 6.37. The molecule has 9 heteroatoms. The van der Waals surface area contributed by atoms with Crippen molar-refractivity contribution in [1.29, 1.82) is 0 Å². The molecule has 1 saturated carbocycles. The predicted octanol–water partition coefficient (Wildman–Crippen LogP) is 2.82. The van der Waals surface area contributed by atoms with E-state index in [9.17, 15) is 0 Å². The Kier molecular flexibility index (Phi) is 2.68. The van der Waals surface area contributed by atoms with Crippen molar-refractivity contribution in [3.63, 3.8) is 0 Å². The van der Waals surface area contributed by atoms with Crippen LogP contribution in [-0.2, 0) is 0 Å². The average Bonchev–Trinajstić information content (AvgIpc) is 2.94. The molecule has 96 valence electrons. The zero-order chi connectivity index (χ0) is 12.8. The van der Waals surface area contributed by atoms with Gasteiger partial charge in [-0.1, -0.05) is 0 Å². The molecule has 1 aliphatic carbocycles. The van der Waals surface area contributed by atoms with Gasteiger partial charge in [0.25, 0.3) is 0 Å². The molecule has 0 spiro atoms. The van der Waals surface area contributed by atoms with Crippen LogP contribution in [0.3, 0.4) is 0 Å². The first-order valence-corrected chi connectivity index (χ1v) is 7.75. The minimum Gasteiger partial charge on any atom is -0.217 e. The molecule has 0 aromatic carbocycles. The van der Waals surface area contributed by atoms with Crippen LogP contribution in [0.25, 0.3) is 10.2 Å². The molecule has 1 fully saturated rings. The monoisotopic (exact) mass is 310 g/mol. The van der Waals surface area contributed by atoms with Gasteiger partial charge in [0.15, 0.2) is 0 Å². The third-order valence-corrected chi connectivity index (χ3v) is 4.74. The summed E-state index contributed by atoms with van der Waals surface area (Å²) < 4.78 is 1.86. The Labute approximate surface area is 121 Å². The first-order valence-electron chi connectivity index (χ1n) is 5.68. The zero-order valence-electron chi connectivity index (χ0n) is 9.52. The summed E-state index contributed by atoms with van der Waals surface area (Å²) in [5.74, 6) is 0. The number of fused-ring (bicyclic) bond motifs is 1. The molecule has 3 heterocycles. The number of thiophene rings is 1. The Morgan fingerprint density at radius 2 is 2.26 bits per heavy atom. The van der Waals surface area contributed by atoms with Crippen LogP contribution in [0.5, 0.6) is 0 Å². The average molecular weight is 311 g/mol. The van der Waals surface area contributed by atoms with Crippen molar-refractivity contribution in [2.45, 2.75) is 29.1 Å². The van der Waals surface area contributed by atoms with E-state index in [4.69, 9.17) is 11.6 Å². The van der Waals surface area contributed by atoms with E-state index in [1.165, 1.54) is 11.8 Å². The minimum atomic E-state index is 0.253. The van der Waals surface area contributed by atoms with Crippen molar-refractivity contribution in [3.05, 3.63) is 16.7 Å². The summed E-state index contributed by atoms with van der Waals surface area (Å²) in [5.41, 5.74) is 0. The predicted molar refractivity (Wildman–Crippen MR) is 72.6 cm³/mol. The van der Waals surface area contributed by atoms with E-state index in [0.717, 1.165) is 33.2 Å². The van der Waals surface area contributed by atoms with Crippen LogP contribution in [0.2, 0.25) is 5.28 Å². The highest BCUT2D eigenvalue weighted by molar-refractivity contribution is 7.99. The van der Waals surface area contributed by atoms with Gasteiger partial charge in [0, 0.05) is 5.39 Å². The maximum atomic E-state index is 5.95. The van der Waals surface area contributed by atoms with E-state index in [0.29, 0.717) is 6.04 Å². The van der Waals surface area contributed by atoms with E-state index >= 15 is 0 Å². The largest absolute Gasteiger partial charge is 0.224 e. The normalized spacial score (nSPS) is 15.2. The highest BCUT2D eigenvalue weighted by Crippen LogP contribution is 2.39. The van der Waals surface area contributed by atoms with Crippen molar-refractivity contribution in [2.75, 3.05) is 0 Å². The lowest BCUT2D eigenvalue weighted by molar-refractivity contribution is 0.565. The van der Waals surface area contributed by atoms with Gasteiger partial charge in [-0.3, -0.25) is 0 Å². The maximum absolute atomic E-state index is 5.95.